The number of Topliss-reactive ketones (excluding diaryl/α,β-unsaturated/α-hetero) is 3. The molecule has 4 rings (SSSR count). The summed E-state index contributed by atoms with van der Waals surface area (Å²) < 4.78 is 29.4. The van der Waals surface area contributed by atoms with Gasteiger partial charge in [0.25, 0.3) is 11.7 Å². The molecule has 14 heteroatoms. The van der Waals surface area contributed by atoms with Crippen molar-refractivity contribution in [1.29, 1.82) is 0 Å². The van der Waals surface area contributed by atoms with Gasteiger partial charge in [-0.3, -0.25) is 19.2 Å². The van der Waals surface area contributed by atoms with Gasteiger partial charge in [0, 0.05) is 58.5 Å². The van der Waals surface area contributed by atoms with Gasteiger partial charge in [-0.05, 0) is 107 Å². The van der Waals surface area contributed by atoms with E-state index in [2.05, 4.69) is 0 Å². The molecule has 3 N–H and O–H groups in total. The molecular weight excluding hydrogens is 835 g/mol. The molecule has 0 spiro atoms. The average molecular weight is 914 g/mol. The van der Waals surface area contributed by atoms with Crippen molar-refractivity contribution in [2.75, 3.05) is 27.9 Å². The monoisotopic (exact) mass is 914 g/mol. The van der Waals surface area contributed by atoms with Gasteiger partial charge in [-0.15, -0.1) is 0 Å². The molecule has 15 atom stereocenters. The minimum atomic E-state index is -2.43. The number of fused-ring (bicyclic) bond motifs is 3. The first-order chi connectivity index (χ1) is 30.7. The van der Waals surface area contributed by atoms with Crippen molar-refractivity contribution in [1.82, 2.24) is 4.90 Å². The van der Waals surface area contributed by atoms with Crippen LogP contribution in [0.2, 0.25) is 0 Å². The number of amides is 1. The number of esters is 1. The van der Waals surface area contributed by atoms with Gasteiger partial charge in [-0.1, -0.05) is 71.1 Å². The lowest BCUT2D eigenvalue weighted by Crippen LogP contribution is -2.61. The normalized spacial score (nSPS) is 39.1. The van der Waals surface area contributed by atoms with Crippen molar-refractivity contribution < 1.29 is 63.0 Å². The van der Waals surface area contributed by atoms with Crippen LogP contribution < -0.4 is 0 Å². The highest BCUT2D eigenvalue weighted by Crippen LogP contribution is 2.38. The molecule has 14 nitrogen and oxygen atoms in total. The zero-order valence-corrected chi connectivity index (χ0v) is 40.6. The third kappa shape index (κ3) is 14.3. The number of hydrogen-bond donors (Lipinski definition) is 3. The van der Waals surface area contributed by atoms with E-state index in [0.29, 0.717) is 63.4 Å². The Morgan fingerprint density at radius 1 is 0.846 bits per heavy atom. The number of carbonyl (C=O) groups is 5. The third-order valence-electron chi connectivity index (χ3n) is 14.5. The van der Waals surface area contributed by atoms with Gasteiger partial charge in [0.2, 0.25) is 5.79 Å². The van der Waals surface area contributed by atoms with E-state index in [1.54, 1.807) is 41.1 Å². The van der Waals surface area contributed by atoms with Crippen LogP contribution in [0.15, 0.2) is 47.6 Å². The summed E-state index contributed by atoms with van der Waals surface area (Å²) in [5, 5.41) is 33.8. The smallest absolute Gasteiger partial charge is 0.329 e. The second kappa shape index (κ2) is 25.1. The molecule has 4 aliphatic rings. The summed E-state index contributed by atoms with van der Waals surface area (Å²) in [6, 6.07) is -1.14. The number of aliphatic hydroxyl groups is 3. The standard InChI is InChI=1S/C51H79NO13/c1-30-16-12-11-13-17-31(2)42(61-8)28-38-21-19-36(7)51(60,65-38)48(57)49(58)52-23-15-14-18-39(52)50(59)64-43(33(4)26-37-20-22-40(53)44(27-37)62-9)29-41(54)32(3)25-35(6)46(56)47(63-10)45(55)34(5)24-30/h11-13,16-17,25,30,32-34,36-40,42-44,46-47,53,56,60H,14-15,18-24,26-29H2,1-10H3/b13-11?,16-12+,31-17?,35-25+/t30-,32-,33?,34-,36-,37+,38?,39+,40-,42+,43+,44-,46-,47+,51-/m1/s1. The molecule has 3 aliphatic heterocycles. The van der Waals surface area contributed by atoms with Crippen LogP contribution in [-0.2, 0) is 47.7 Å². The molecule has 1 saturated carbocycles. The second-order valence-corrected chi connectivity index (χ2v) is 19.6. The second-order valence-electron chi connectivity index (χ2n) is 19.6. The molecule has 2 unspecified atom stereocenters. The first-order valence-electron chi connectivity index (χ1n) is 23.9. The Balaban J connectivity index is 1.70. The molecule has 0 aromatic carbocycles. The summed E-state index contributed by atoms with van der Waals surface area (Å²) in [4.78, 5) is 71.8. The average Bonchev–Trinajstić information content (AvgIpc) is 3.28. The minimum Gasteiger partial charge on any atom is -0.460 e. The van der Waals surface area contributed by atoms with E-state index in [4.69, 9.17) is 23.7 Å². The topological polar surface area (TPSA) is 195 Å². The molecule has 1 aliphatic carbocycles. The van der Waals surface area contributed by atoms with Gasteiger partial charge in [0.15, 0.2) is 5.78 Å². The molecule has 0 aromatic heterocycles. The Labute approximate surface area is 387 Å². The van der Waals surface area contributed by atoms with Crippen molar-refractivity contribution in [3.05, 3.63) is 47.6 Å². The predicted octanol–water partition coefficient (Wildman–Crippen LogP) is 6.18. The van der Waals surface area contributed by atoms with Crippen LogP contribution in [0.5, 0.6) is 0 Å². The zero-order valence-electron chi connectivity index (χ0n) is 40.6. The van der Waals surface area contributed by atoms with Crippen LogP contribution in [0, 0.1) is 35.5 Å². The number of piperidine rings is 1. The number of ether oxygens (including phenoxy) is 5. The van der Waals surface area contributed by atoms with E-state index in [1.807, 2.05) is 58.1 Å². The van der Waals surface area contributed by atoms with Crippen molar-refractivity contribution in [3.8, 4) is 0 Å². The Morgan fingerprint density at radius 3 is 2.25 bits per heavy atom. The van der Waals surface area contributed by atoms with Crippen molar-refractivity contribution in [3.63, 3.8) is 0 Å². The number of nitrogens with zero attached hydrogens (tertiary/aromatic N) is 1. The van der Waals surface area contributed by atoms with Crippen molar-refractivity contribution in [2.45, 2.75) is 180 Å². The quantitative estimate of drug-likeness (QED) is 0.156. The lowest BCUT2D eigenvalue weighted by Gasteiger charge is -2.42. The van der Waals surface area contributed by atoms with Gasteiger partial charge in [-0.25, -0.2) is 4.79 Å². The zero-order chi connectivity index (χ0) is 48.2. The van der Waals surface area contributed by atoms with E-state index in [1.165, 1.54) is 12.0 Å². The lowest BCUT2D eigenvalue weighted by atomic mass is 9.78. The summed E-state index contributed by atoms with van der Waals surface area (Å²) in [6.07, 6.45) is 11.2. The highest BCUT2D eigenvalue weighted by molar-refractivity contribution is 6.39. The fourth-order valence-electron chi connectivity index (χ4n) is 10.1. The maximum Gasteiger partial charge on any atom is 0.329 e. The van der Waals surface area contributed by atoms with Crippen LogP contribution in [0.4, 0.5) is 0 Å². The molecule has 3 heterocycles. The highest BCUT2D eigenvalue weighted by atomic mass is 16.6. The summed E-state index contributed by atoms with van der Waals surface area (Å²) in [7, 11) is 4.52. The number of carbonyl (C=O) groups excluding carboxylic acids is 5. The summed E-state index contributed by atoms with van der Waals surface area (Å²) >= 11 is 0. The van der Waals surface area contributed by atoms with E-state index >= 15 is 0 Å². The third-order valence-corrected chi connectivity index (χ3v) is 14.5. The minimum absolute atomic E-state index is 0.0193. The lowest BCUT2D eigenvalue weighted by molar-refractivity contribution is -0.265. The van der Waals surface area contributed by atoms with Gasteiger partial charge >= 0.3 is 5.97 Å². The predicted molar refractivity (Wildman–Crippen MR) is 245 cm³/mol. The Hall–Kier alpha value is -3.37. The summed E-state index contributed by atoms with van der Waals surface area (Å²) in [5.74, 6) is -7.96. The molecule has 0 aromatic rings. The van der Waals surface area contributed by atoms with Crippen LogP contribution in [-0.4, -0.2) is 132 Å². The Bertz CT molecular complexity index is 1760. The number of aliphatic hydroxyl groups excluding tert-OH is 2. The number of allylic oxidation sites excluding steroid dienone is 6. The first kappa shape index (κ1) is 54.2. The van der Waals surface area contributed by atoms with Crippen LogP contribution in [0.3, 0.4) is 0 Å². The van der Waals surface area contributed by atoms with Crippen molar-refractivity contribution >= 4 is 29.2 Å². The highest BCUT2D eigenvalue weighted by Gasteiger charge is 2.53. The maximum absolute atomic E-state index is 14.4. The maximum atomic E-state index is 14.4. The fraction of sp³-hybridized carbons (Fsp3) is 0.745. The molecular formula is C51H79NO13. The summed E-state index contributed by atoms with van der Waals surface area (Å²) in [6.45, 7) is 12.7. The van der Waals surface area contributed by atoms with E-state index in [0.717, 1.165) is 12.0 Å². The molecule has 0 radical (unpaired) electrons. The molecule has 2 bridgehead atoms. The van der Waals surface area contributed by atoms with E-state index < -0.39 is 83.9 Å². The SMILES string of the molecule is CO[C@H]1CC2CC[C@@H](C)[C@@](O)(O2)C(=O)C(=O)N2CCCC[C@H]2C(=O)O[C@H](C(C)C[C@@H]2CC[C@@H](O)[C@H](OC)C2)CC(=O)[C@H](C)/C=C(\C)[C@@H](O)[C@@H](OC)C(=O)[C@H](C)C[C@H](C)/C=C/C=CC=C1C. The number of hydrogen-bond acceptors (Lipinski definition) is 13. The van der Waals surface area contributed by atoms with Gasteiger partial charge < -0.3 is 43.9 Å². The molecule has 1 amide bonds. The number of cyclic esters (lactones) is 1. The molecule has 3 fully saturated rings. The van der Waals surface area contributed by atoms with Gasteiger partial charge in [-0.2, -0.15) is 0 Å². The number of methoxy groups -OCH3 is 3. The Morgan fingerprint density at radius 2 is 1.57 bits per heavy atom. The van der Waals surface area contributed by atoms with Crippen LogP contribution in [0.25, 0.3) is 0 Å². The fourth-order valence-corrected chi connectivity index (χ4v) is 10.1. The number of ketones is 3. The first-order valence-corrected chi connectivity index (χ1v) is 23.9. The van der Waals surface area contributed by atoms with E-state index in [-0.39, 0.29) is 54.8 Å². The van der Waals surface area contributed by atoms with Gasteiger partial charge in [0.05, 0.1) is 24.4 Å². The molecule has 366 valence electrons. The van der Waals surface area contributed by atoms with Crippen LogP contribution in [0.1, 0.15) is 126 Å². The van der Waals surface area contributed by atoms with E-state index in [9.17, 15) is 39.3 Å². The number of rotatable bonds is 6. The van der Waals surface area contributed by atoms with Gasteiger partial charge in [0.1, 0.15) is 30.1 Å². The summed E-state index contributed by atoms with van der Waals surface area (Å²) in [5.41, 5.74) is 1.27. The molecule has 2 saturated heterocycles. The largest absolute Gasteiger partial charge is 0.460 e. The molecule has 65 heavy (non-hydrogen) atoms. The Kier molecular flexibility index (Phi) is 21.0. The van der Waals surface area contributed by atoms with Crippen molar-refractivity contribution in [2.24, 2.45) is 35.5 Å². The van der Waals surface area contributed by atoms with Crippen LogP contribution >= 0.6 is 0 Å².